The second-order valence-electron chi connectivity index (χ2n) is 8.05. The zero-order chi connectivity index (χ0) is 18.9. The molecule has 9 heteroatoms. The van der Waals surface area contributed by atoms with Crippen LogP contribution in [0.4, 0.5) is 4.79 Å². The van der Waals surface area contributed by atoms with Crippen LogP contribution < -0.4 is 16.0 Å². The van der Waals surface area contributed by atoms with Crippen molar-refractivity contribution in [3.63, 3.8) is 0 Å². The Balaban J connectivity index is 0.00000261. The summed E-state index contributed by atoms with van der Waals surface area (Å²) in [5.41, 5.74) is -0.790. The molecule has 0 aromatic rings. The Kier molecular flexibility index (Phi) is 7.34. The Bertz CT molecular complexity index is 588. The van der Waals surface area contributed by atoms with Gasteiger partial charge in [-0.25, -0.2) is 4.79 Å². The van der Waals surface area contributed by atoms with Crippen molar-refractivity contribution in [2.75, 3.05) is 33.7 Å². The molecule has 3 aliphatic rings. The number of guanidine groups is 1. The molecular formula is C18H33IN6O2. The van der Waals surface area contributed by atoms with Crippen LogP contribution in [-0.4, -0.2) is 79.0 Å². The predicted octanol–water partition coefficient (Wildman–Crippen LogP) is 0.973. The molecule has 2 atom stereocenters. The second-order valence-corrected chi connectivity index (χ2v) is 8.05. The van der Waals surface area contributed by atoms with E-state index in [1.165, 1.54) is 12.8 Å². The fourth-order valence-electron chi connectivity index (χ4n) is 4.07. The van der Waals surface area contributed by atoms with Crippen LogP contribution in [-0.2, 0) is 4.79 Å². The summed E-state index contributed by atoms with van der Waals surface area (Å²) in [5, 5.41) is 8.67. The van der Waals surface area contributed by atoms with Crippen LogP contribution in [0.15, 0.2) is 4.99 Å². The van der Waals surface area contributed by atoms with Gasteiger partial charge in [0.25, 0.3) is 5.91 Å². The number of hydrogen-bond acceptors (Lipinski definition) is 4. The number of amides is 3. The van der Waals surface area contributed by atoms with E-state index in [-0.39, 0.29) is 41.8 Å². The fraction of sp³-hybridized carbons (Fsp3) is 0.833. The fourth-order valence-corrected chi connectivity index (χ4v) is 4.07. The molecule has 8 nitrogen and oxygen atoms in total. The van der Waals surface area contributed by atoms with E-state index in [1.54, 1.807) is 0 Å². The standard InChI is InChI=1S/C18H32N6O2.HI/c1-12(23(4)14-5-6-14)11-20-16(19-3)24-9-7-13(8-10-24)18(2)15(25)21-17(26)22-18;/h12-14H,5-11H2,1-4H3,(H,19,20)(H2,21,22,25,26);1H. The largest absolute Gasteiger partial charge is 0.355 e. The zero-order valence-electron chi connectivity index (χ0n) is 16.7. The summed E-state index contributed by atoms with van der Waals surface area (Å²) in [4.78, 5) is 32.8. The van der Waals surface area contributed by atoms with Crippen molar-refractivity contribution in [3.8, 4) is 0 Å². The molecule has 27 heavy (non-hydrogen) atoms. The summed E-state index contributed by atoms with van der Waals surface area (Å²) >= 11 is 0. The van der Waals surface area contributed by atoms with Crippen LogP contribution in [0, 0.1) is 5.92 Å². The molecule has 154 valence electrons. The second kappa shape index (κ2) is 8.93. The van der Waals surface area contributed by atoms with Gasteiger partial charge in [0, 0.05) is 38.8 Å². The van der Waals surface area contributed by atoms with Crippen LogP contribution in [0.1, 0.15) is 39.5 Å². The van der Waals surface area contributed by atoms with E-state index >= 15 is 0 Å². The first-order valence-electron chi connectivity index (χ1n) is 9.66. The molecule has 2 unspecified atom stereocenters. The number of rotatable bonds is 5. The molecular weight excluding hydrogens is 459 g/mol. The predicted molar refractivity (Wildman–Crippen MR) is 116 cm³/mol. The molecule has 0 aromatic heterocycles. The van der Waals surface area contributed by atoms with Gasteiger partial charge < -0.3 is 15.5 Å². The van der Waals surface area contributed by atoms with Crippen molar-refractivity contribution in [2.45, 2.75) is 57.2 Å². The van der Waals surface area contributed by atoms with Gasteiger partial charge in [-0.15, -0.1) is 24.0 Å². The van der Waals surface area contributed by atoms with Gasteiger partial charge >= 0.3 is 6.03 Å². The van der Waals surface area contributed by atoms with Crippen molar-refractivity contribution in [2.24, 2.45) is 10.9 Å². The number of urea groups is 1. The Morgan fingerprint density at radius 3 is 2.44 bits per heavy atom. The third-order valence-corrected chi connectivity index (χ3v) is 6.27. The van der Waals surface area contributed by atoms with Crippen LogP contribution in [0.3, 0.4) is 0 Å². The Labute approximate surface area is 178 Å². The lowest BCUT2D eigenvalue weighted by Crippen LogP contribution is -2.56. The monoisotopic (exact) mass is 492 g/mol. The number of carbonyl (C=O) groups is 2. The normalized spacial score (nSPS) is 27.9. The Hall–Kier alpha value is -1.10. The quantitative estimate of drug-likeness (QED) is 0.231. The lowest BCUT2D eigenvalue weighted by Gasteiger charge is -2.40. The molecule has 0 bridgehead atoms. The summed E-state index contributed by atoms with van der Waals surface area (Å²) in [7, 11) is 4.01. The molecule has 0 aromatic carbocycles. The molecule has 3 rings (SSSR count). The molecule has 2 saturated heterocycles. The number of hydrogen-bond donors (Lipinski definition) is 3. The maximum atomic E-state index is 12.1. The van der Waals surface area contributed by atoms with E-state index in [0.717, 1.165) is 44.5 Å². The maximum Gasteiger partial charge on any atom is 0.322 e. The van der Waals surface area contributed by atoms with Gasteiger partial charge in [0.05, 0.1) is 0 Å². The Morgan fingerprint density at radius 2 is 1.96 bits per heavy atom. The highest BCUT2D eigenvalue weighted by molar-refractivity contribution is 14.0. The molecule has 2 heterocycles. The first-order valence-corrected chi connectivity index (χ1v) is 9.66. The average molecular weight is 492 g/mol. The molecule has 3 fully saturated rings. The molecule has 0 radical (unpaired) electrons. The highest BCUT2D eigenvalue weighted by Crippen LogP contribution is 2.30. The summed E-state index contributed by atoms with van der Waals surface area (Å²) in [6.07, 6.45) is 4.32. The molecule has 3 amide bonds. The maximum absolute atomic E-state index is 12.1. The van der Waals surface area contributed by atoms with Crippen LogP contribution in [0.2, 0.25) is 0 Å². The van der Waals surface area contributed by atoms with Crippen molar-refractivity contribution >= 4 is 41.9 Å². The third-order valence-electron chi connectivity index (χ3n) is 6.27. The summed E-state index contributed by atoms with van der Waals surface area (Å²) in [6, 6.07) is 0.831. The number of halogens is 1. The van der Waals surface area contributed by atoms with Crippen LogP contribution >= 0.6 is 24.0 Å². The minimum Gasteiger partial charge on any atom is -0.355 e. The number of likely N-dealkylation sites (tertiary alicyclic amines) is 1. The molecule has 1 aliphatic carbocycles. The average Bonchev–Trinajstić information content (AvgIpc) is 3.42. The number of piperidine rings is 1. The molecule has 2 aliphatic heterocycles. The van der Waals surface area contributed by atoms with Gasteiger partial charge in [-0.05, 0) is 52.5 Å². The smallest absolute Gasteiger partial charge is 0.322 e. The van der Waals surface area contributed by atoms with E-state index in [1.807, 2.05) is 14.0 Å². The highest BCUT2D eigenvalue weighted by Gasteiger charge is 2.48. The van der Waals surface area contributed by atoms with Crippen LogP contribution in [0.5, 0.6) is 0 Å². The van der Waals surface area contributed by atoms with Crippen molar-refractivity contribution in [1.29, 1.82) is 0 Å². The summed E-state index contributed by atoms with van der Waals surface area (Å²) in [5.74, 6) is 0.855. The molecule has 0 spiro atoms. The number of likely N-dealkylation sites (N-methyl/N-ethyl adjacent to an activating group) is 1. The number of aliphatic imine (C=N–C) groups is 1. The first-order chi connectivity index (χ1) is 12.3. The minimum atomic E-state index is -0.790. The van der Waals surface area contributed by atoms with E-state index in [4.69, 9.17) is 0 Å². The lowest BCUT2D eigenvalue weighted by atomic mass is 9.79. The van der Waals surface area contributed by atoms with Crippen molar-refractivity contribution < 1.29 is 9.59 Å². The molecule has 3 N–H and O–H groups in total. The Morgan fingerprint density at radius 1 is 1.33 bits per heavy atom. The number of carbonyl (C=O) groups excluding carboxylic acids is 2. The molecule has 1 saturated carbocycles. The van der Waals surface area contributed by atoms with E-state index in [2.05, 4.69) is 44.7 Å². The minimum absolute atomic E-state index is 0. The van der Waals surface area contributed by atoms with Crippen molar-refractivity contribution in [3.05, 3.63) is 0 Å². The van der Waals surface area contributed by atoms with E-state index in [9.17, 15) is 9.59 Å². The summed E-state index contributed by atoms with van der Waals surface area (Å²) < 4.78 is 0. The highest BCUT2D eigenvalue weighted by atomic mass is 127. The van der Waals surface area contributed by atoms with Gasteiger partial charge in [0.15, 0.2) is 5.96 Å². The van der Waals surface area contributed by atoms with Gasteiger partial charge in [-0.1, -0.05) is 0 Å². The lowest BCUT2D eigenvalue weighted by molar-refractivity contribution is -0.125. The summed E-state index contributed by atoms with van der Waals surface area (Å²) in [6.45, 7) is 6.60. The SMILES string of the molecule is CN=C(NCC(C)N(C)C1CC1)N1CCC(C2(C)NC(=O)NC2=O)CC1.I. The zero-order valence-corrected chi connectivity index (χ0v) is 19.1. The van der Waals surface area contributed by atoms with Gasteiger partial charge in [0.1, 0.15) is 5.54 Å². The van der Waals surface area contributed by atoms with Gasteiger partial charge in [-0.3, -0.25) is 20.0 Å². The number of nitrogens with zero attached hydrogens (tertiary/aromatic N) is 3. The van der Waals surface area contributed by atoms with Gasteiger partial charge in [0.2, 0.25) is 0 Å². The number of imide groups is 1. The van der Waals surface area contributed by atoms with Crippen molar-refractivity contribution in [1.82, 2.24) is 25.8 Å². The number of nitrogens with one attached hydrogen (secondary N) is 3. The van der Waals surface area contributed by atoms with E-state index < -0.39 is 5.54 Å². The van der Waals surface area contributed by atoms with Gasteiger partial charge in [-0.2, -0.15) is 0 Å². The third kappa shape index (κ3) is 4.85. The van der Waals surface area contributed by atoms with E-state index in [0.29, 0.717) is 6.04 Å². The first kappa shape index (κ1) is 22.2. The van der Waals surface area contributed by atoms with Crippen LogP contribution in [0.25, 0.3) is 0 Å². The topological polar surface area (TPSA) is 89.1 Å².